The van der Waals surface area contributed by atoms with Crippen molar-refractivity contribution in [2.45, 2.75) is 111 Å². The van der Waals surface area contributed by atoms with E-state index in [0.717, 1.165) is 0 Å². The number of hydrogen-bond donors (Lipinski definition) is 0. The molecule has 0 aliphatic carbocycles. The topological polar surface area (TPSA) is 91.4 Å². The molecule has 0 aromatic heterocycles. The summed E-state index contributed by atoms with van der Waals surface area (Å²) in [6.45, 7) is 24.6. The van der Waals surface area contributed by atoms with Crippen LogP contribution in [0.3, 0.4) is 0 Å². The molecule has 0 saturated carbocycles. The van der Waals surface area contributed by atoms with E-state index in [4.69, 9.17) is 18.6 Å². The molecule has 33 heavy (non-hydrogen) atoms. The van der Waals surface area contributed by atoms with E-state index >= 15 is 0 Å². The highest BCUT2D eigenvalue weighted by Crippen LogP contribution is 2.36. The molecule has 0 saturated heterocycles. The van der Waals surface area contributed by atoms with Gasteiger partial charge in [0, 0.05) is 6.61 Å². The number of amides is 2. The molecule has 0 unspecified atom stereocenters. The minimum absolute atomic E-state index is 0.0361. The van der Waals surface area contributed by atoms with Gasteiger partial charge in [0.05, 0.1) is 0 Å². The molecule has 8 nitrogen and oxygen atoms in total. The van der Waals surface area contributed by atoms with Crippen molar-refractivity contribution in [3.63, 3.8) is 0 Å². The molecule has 0 aliphatic heterocycles. The summed E-state index contributed by atoms with van der Waals surface area (Å²) in [7, 11) is -1.99. The van der Waals surface area contributed by atoms with Crippen molar-refractivity contribution in [2.75, 3.05) is 13.2 Å². The molecule has 0 aromatic rings. The average molecular weight is 488 g/mol. The van der Waals surface area contributed by atoms with Gasteiger partial charge in [-0.1, -0.05) is 33.4 Å². The normalized spacial score (nSPS) is 13.7. The molecular weight excluding hydrogens is 442 g/mol. The van der Waals surface area contributed by atoms with Crippen LogP contribution in [0, 0.1) is 0 Å². The van der Waals surface area contributed by atoms with Gasteiger partial charge in [0.1, 0.15) is 23.9 Å². The number of carbonyl (C=O) groups is 3. The van der Waals surface area contributed by atoms with Gasteiger partial charge in [0.25, 0.3) is 0 Å². The number of rotatable bonds is 9. The molecule has 9 heteroatoms. The summed E-state index contributed by atoms with van der Waals surface area (Å²) in [6.07, 6.45) is 0.0528. The molecule has 1 atom stereocenters. The zero-order valence-electron chi connectivity index (χ0n) is 22.5. The SMILES string of the molecule is C=CCOC(=O)[C@H](CCCO[Si](C)(C)C(C)(C)C)N(C(=O)OC(C)(C)C)C(=O)OC(C)(C)C. The Morgan fingerprint density at radius 1 is 0.909 bits per heavy atom. The molecule has 192 valence electrons. The molecular formula is C24H45NO7Si. The van der Waals surface area contributed by atoms with Gasteiger partial charge < -0.3 is 18.6 Å². The second-order valence-electron chi connectivity index (χ2n) is 11.5. The summed E-state index contributed by atoms with van der Waals surface area (Å²) in [5.74, 6) is -0.737. The Morgan fingerprint density at radius 3 is 1.73 bits per heavy atom. The molecule has 0 heterocycles. The van der Waals surface area contributed by atoms with Crippen molar-refractivity contribution in [1.82, 2.24) is 4.90 Å². The first-order valence-electron chi connectivity index (χ1n) is 11.4. The Kier molecular flexibility index (Phi) is 11.3. The van der Waals surface area contributed by atoms with Crippen LogP contribution in [-0.2, 0) is 23.4 Å². The summed E-state index contributed by atoms with van der Waals surface area (Å²) in [4.78, 5) is 39.6. The molecule has 0 radical (unpaired) electrons. The maximum Gasteiger partial charge on any atom is 0.420 e. The molecule has 2 amide bonds. The van der Waals surface area contributed by atoms with Crippen LogP contribution < -0.4 is 0 Å². The smallest absolute Gasteiger partial charge is 0.420 e. The lowest BCUT2D eigenvalue weighted by atomic mass is 10.1. The van der Waals surface area contributed by atoms with Gasteiger partial charge in [-0.2, -0.15) is 4.90 Å². The predicted octanol–water partition coefficient (Wildman–Crippen LogP) is 6.06. The monoisotopic (exact) mass is 487 g/mol. The quantitative estimate of drug-likeness (QED) is 0.128. The number of imide groups is 1. The first-order chi connectivity index (χ1) is 14.7. The van der Waals surface area contributed by atoms with Gasteiger partial charge in [-0.25, -0.2) is 14.4 Å². The van der Waals surface area contributed by atoms with E-state index in [1.54, 1.807) is 41.5 Å². The van der Waals surface area contributed by atoms with Crippen LogP contribution in [0.1, 0.15) is 75.2 Å². The van der Waals surface area contributed by atoms with Crippen LogP contribution in [-0.4, -0.2) is 61.8 Å². The number of esters is 1. The Balaban J connectivity index is 5.83. The zero-order chi connectivity index (χ0) is 26.3. The van der Waals surface area contributed by atoms with Crippen molar-refractivity contribution < 1.29 is 33.0 Å². The van der Waals surface area contributed by atoms with Crippen LogP contribution in [0.25, 0.3) is 0 Å². The second-order valence-corrected chi connectivity index (χ2v) is 16.3. The zero-order valence-corrected chi connectivity index (χ0v) is 23.5. The van der Waals surface area contributed by atoms with E-state index in [9.17, 15) is 14.4 Å². The van der Waals surface area contributed by atoms with E-state index in [1.165, 1.54) is 6.08 Å². The third-order valence-corrected chi connectivity index (χ3v) is 9.54. The van der Waals surface area contributed by atoms with E-state index in [2.05, 4.69) is 40.4 Å². The highest BCUT2D eigenvalue weighted by atomic mass is 28.4. The second kappa shape index (κ2) is 12.0. The van der Waals surface area contributed by atoms with Gasteiger partial charge in [0.2, 0.25) is 0 Å². The fourth-order valence-electron chi connectivity index (χ4n) is 2.36. The third-order valence-electron chi connectivity index (χ3n) is 5.00. The van der Waals surface area contributed by atoms with Gasteiger partial charge in [-0.15, -0.1) is 0 Å². The summed E-state index contributed by atoms with van der Waals surface area (Å²) < 4.78 is 22.2. The Bertz CT molecular complexity index is 656. The molecule has 0 rings (SSSR count). The highest BCUT2D eigenvalue weighted by molar-refractivity contribution is 6.74. The number of hydrogen-bond acceptors (Lipinski definition) is 7. The van der Waals surface area contributed by atoms with Crippen LogP contribution in [0.2, 0.25) is 18.1 Å². The highest BCUT2D eigenvalue weighted by Gasteiger charge is 2.41. The van der Waals surface area contributed by atoms with Gasteiger partial charge in [0.15, 0.2) is 8.32 Å². The summed E-state index contributed by atoms with van der Waals surface area (Å²) in [5.41, 5.74) is -1.75. The number of ether oxygens (including phenoxy) is 3. The van der Waals surface area contributed by atoms with E-state index in [1.807, 2.05) is 0 Å². The fraction of sp³-hybridized carbons (Fsp3) is 0.792. The lowest BCUT2D eigenvalue weighted by molar-refractivity contribution is -0.148. The first-order valence-corrected chi connectivity index (χ1v) is 14.3. The van der Waals surface area contributed by atoms with Crippen LogP contribution >= 0.6 is 0 Å². The van der Waals surface area contributed by atoms with Crippen LogP contribution in [0.4, 0.5) is 9.59 Å². The third kappa shape index (κ3) is 11.7. The number of nitrogens with zero attached hydrogens (tertiary/aromatic N) is 1. The Hall–Kier alpha value is -1.87. The maximum absolute atomic E-state index is 13.0. The van der Waals surface area contributed by atoms with Gasteiger partial charge in [-0.05, 0) is 72.5 Å². The van der Waals surface area contributed by atoms with Crippen LogP contribution in [0.15, 0.2) is 12.7 Å². The van der Waals surface area contributed by atoms with E-state index < -0.39 is 43.7 Å². The molecule has 0 spiro atoms. The predicted molar refractivity (Wildman–Crippen MR) is 132 cm³/mol. The fourth-order valence-corrected chi connectivity index (χ4v) is 3.45. The van der Waals surface area contributed by atoms with Crippen LogP contribution in [0.5, 0.6) is 0 Å². The molecule has 0 aromatic carbocycles. The lowest BCUT2D eigenvalue weighted by Crippen LogP contribution is -2.52. The molecule has 0 aliphatic rings. The molecule has 0 bridgehead atoms. The number of carbonyl (C=O) groups excluding carboxylic acids is 3. The minimum atomic E-state index is -1.99. The van der Waals surface area contributed by atoms with Crippen molar-refractivity contribution >= 4 is 26.5 Å². The Morgan fingerprint density at radius 2 is 1.36 bits per heavy atom. The van der Waals surface area contributed by atoms with Crippen molar-refractivity contribution in [1.29, 1.82) is 0 Å². The lowest BCUT2D eigenvalue weighted by Gasteiger charge is -2.36. The molecule has 0 fully saturated rings. The van der Waals surface area contributed by atoms with Crippen molar-refractivity contribution in [3.05, 3.63) is 12.7 Å². The minimum Gasteiger partial charge on any atom is -0.460 e. The van der Waals surface area contributed by atoms with Crippen molar-refractivity contribution in [3.8, 4) is 0 Å². The summed E-state index contributed by atoms with van der Waals surface area (Å²) in [6, 6.07) is -1.22. The van der Waals surface area contributed by atoms with Gasteiger partial charge in [-0.3, -0.25) is 0 Å². The Labute approximate surface area is 201 Å². The average Bonchev–Trinajstić information content (AvgIpc) is 2.57. The van der Waals surface area contributed by atoms with E-state index in [0.29, 0.717) is 17.9 Å². The summed E-state index contributed by atoms with van der Waals surface area (Å²) >= 11 is 0. The molecule has 0 N–H and O–H groups in total. The maximum atomic E-state index is 13.0. The van der Waals surface area contributed by atoms with Crippen molar-refractivity contribution in [2.24, 2.45) is 0 Å². The summed E-state index contributed by atoms with van der Waals surface area (Å²) in [5, 5.41) is 0.0361. The van der Waals surface area contributed by atoms with Gasteiger partial charge >= 0.3 is 18.2 Å². The standard InChI is InChI=1S/C24H45NO7Si/c1-13-16-29-19(26)18(15-14-17-30-33(11,12)24(8,9)10)25(20(27)31-22(2,3)4)21(28)32-23(5,6)7/h13,18H,1,14-17H2,2-12H3/t18-/m0/s1. The first kappa shape index (κ1) is 31.1. The largest absolute Gasteiger partial charge is 0.460 e. The van der Waals surface area contributed by atoms with E-state index in [-0.39, 0.29) is 18.1 Å².